The molecule has 0 fully saturated rings. The van der Waals surface area contributed by atoms with Gasteiger partial charge in [0.2, 0.25) is 0 Å². The van der Waals surface area contributed by atoms with Crippen LogP contribution in [-0.2, 0) is 10.0 Å². The van der Waals surface area contributed by atoms with Gasteiger partial charge in [0.05, 0.1) is 4.90 Å². The molecule has 3 nitrogen and oxygen atoms in total. The fourth-order valence-electron chi connectivity index (χ4n) is 2.27. The smallest absolute Gasteiger partial charge is 0.199 e. The fraction of sp³-hybridized carbons (Fsp3) is 0.0500. The standard InChI is InChI=1S/C20H16ClNO2S2/c1-15-6-5-9-18(14-15)25-20(16-7-3-2-4-8-16)22-26(23,24)19-12-10-17(21)11-13-19/h2-14H,1H3/b22-20+. The van der Waals surface area contributed by atoms with Crippen LogP contribution in [0.25, 0.3) is 0 Å². The van der Waals surface area contributed by atoms with E-state index in [1.165, 1.54) is 23.9 Å². The van der Waals surface area contributed by atoms with Crippen LogP contribution in [0.5, 0.6) is 0 Å². The van der Waals surface area contributed by atoms with Crippen molar-refractivity contribution >= 4 is 38.4 Å². The predicted octanol–water partition coefficient (Wildman–Crippen LogP) is 5.58. The highest BCUT2D eigenvalue weighted by Crippen LogP contribution is 2.27. The summed E-state index contributed by atoms with van der Waals surface area (Å²) in [5.41, 5.74) is 1.85. The van der Waals surface area contributed by atoms with Gasteiger partial charge in [-0.15, -0.1) is 0 Å². The molecule has 0 radical (unpaired) electrons. The molecule has 132 valence electrons. The summed E-state index contributed by atoms with van der Waals surface area (Å²) in [5, 5.41) is 0.900. The molecule has 0 atom stereocenters. The van der Waals surface area contributed by atoms with Crippen LogP contribution in [0.3, 0.4) is 0 Å². The number of benzene rings is 3. The minimum atomic E-state index is -3.85. The van der Waals surface area contributed by atoms with Crippen LogP contribution >= 0.6 is 23.4 Å². The molecule has 0 bridgehead atoms. The molecule has 0 aromatic heterocycles. The normalized spacial score (nSPS) is 12.2. The lowest BCUT2D eigenvalue weighted by Gasteiger charge is -2.08. The topological polar surface area (TPSA) is 46.5 Å². The van der Waals surface area contributed by atoms with Crippen molar-refractivity contribution in [3.05, 3.63) is 95.0 Å². The maximum atomic E-state index is 12.7. The lowest BCUT2D eigenvalue weighted by molar-refractivity contribution is 0.598. The molecule has 0 spiro atoms. The highest BCUT2D eigenvalue weighted by Gasteiger charge is 2.16. The number of rotatable bonds is 4. The summed E-state index contributed by atoms with van der Waals surface area (Å²) in [5.74, 6) is 0. The molecule has 26 heavy (non-hydrogen) atoms. The van der Waals surface area contributed by atoms with E-state index in [0.717, 1.165) is 16.0 Å². The summed E-state index contributed by atoms with van der Waals surface area (Å²) in [4.78, 5) is 1.04. The zero-order valence-electron chi connectivity index (χ0n) is 14.0. The average molecular weight is 402 g/mol. The van der Waals surface area contributed by atoms with Crippen molar-refractivity contribution in [1.29, 1.82) is 0 Å². The summed E-state index contributed by atoms with van der Waals surface area (Å²) >= 11 is 7.18. The fourth-order valence-corrected chi connectivity index (χ4v) is 4.62. The molecule has 0 amide bonds. The molecule has 0 N–H and O–H groups in total. The first-order chi connectivity index (χ1) is 12.4. The summed E-state index contributed by atoms with van der Waals surface area (Å²) in [6, 6.07) is 23.2. The summed E-state index contributed by atoms with van der Waals surface area (Å²) in [6.45, 7) is 1.99. The number of hydrogen-bond donors (Lipinski definition) is 0. The first-order valence-electron chi connectivity index (χ1n) is 7.84. The van der Waals surface area contributed by atoms with Crippen LogP contribution in [0.15, 0.2) is 93.1 Å². The Bertz CT molecular complexity index is 1030. The van der Waals surface area contributed by atoms with E-state index in [1.54, 1.807) is 12.1 Å². The van der Waals surface area contributed by atoms with Crippen molar-refractivity contribution in [2.75, 3.05) is 0 Å². The molecule has 3 aromatic carbocycles. The van der Waals surface area contributed by atoms with Crippen molar-refractivity contribution in [3.63, 3.8) is 0 Å². The predicted molar refractivity (Wildman–Crippen MR) is 109 cm³/mol. The van der Waals surface area contributed by atoms with Crippen molar-refractivity contribution < 1.29 is 8.42 Å². The van der Waals surface area contributed by atoms with Crippen LogP contribution in [0.1, 0.15) is 11.1 Å². The Kier molecular flexibility index (Phi) is 5.81. The van der Waals surface area contributed by atoms with E-state index in [0.29, 0.717) is 10.1 Å². The third-order valence-electron chi connectivity index (χ3n) is 3.54. The minimum Gasteiger partial charge on any atom is -0.199 e. The molecular weight excluding hydrogens is 386 g/mol. The third kappa shape index (κ3) is 4.75. The summed E-state index contributed by atoms with van der Waals surface area (Å²) in [6.07, 6.45) is 0. The molecule has 0 aliphatic carbocycles. The second kappa shape index (κ2) is 8.08. The van der Waals surface area contributed by atoms with E-state index in [2.05, 4.69) is 4.40 Å². The highest BCUT2D eigenvalue weighted by molar-refractivity contribution is 8.15. The Hall–Kier alpha value is -2.08. The number of halogens is 1. The van der Waals surface area contributed by atoms with Gasteiger partial charge in [-0.3, -0.25) is 0 Å². The van der Waals surface area contributed by atoms with Gasteiger partial charge in [-0.2, -0.15) is 12.8 Å². The quantitative estimate of drug-likeness (QED) is 0.326. The SMILES string of the molecule is Cc1cccc(S/C(=N/S(=O)(=O)c2ccc(Cl)cc2)c2ccccc2)c1. The highest BCUT2D eigenvalue weighted by atomic mass is 35.5. The van der Waals surface area contributed by atoms with Gasteiger partial charge in [0, 0.05) is 15.5 Å². The van der Waals surface area contributed by atoms with E-state index >= 15 is 0 Å². The van der Waals surface area contributed by atoms with Crippen molar-refractivity contribution in [2.24, 2.45) is 4.40 Å². The van der Waals surface area contributed by atoms with E-state index < -0.39 is 10.0 Å². The van der Waals surface area contributed by atoms with Crippen LogP contribution in [0.2, 0.25) is 5.02 Å². The Labute approximate surface area is 162 Å². The summed E-state index contributed by atoms with van der Waals surface area (Å²) in [7, 11) is -3.85. The zero-order chi connectivity index (χ0) is 18.6. The lowest BCUT2D eigenvalue weighted by Crippen LogP contribution is -2.03. The van der Waals surface area contributed by atoms with Gasteiger partial charge in [0.15, 0.2) is 0 Å². The van der Waals surface area contributed by atoms with Crippen LogP contribution in [-0.4, -0.2) is 13.5 Å². The van der Waals surface area contributed by atoms with Gasteiger partial charge in [-0.1, -0.05) is 71.4 Å². The lowest BCUT2D eigenvalue weighted by atomic mass is 10.2. The van der Waals surface area contributed by atoms with Crippen molar-refractivity contribution in [1.82, 2.24) is 0 Å². The molecule has 0 saturated carbocycles. The van der Waals surface area contributed by atoms with Crippen LogP contribution < -0.4 is 0 Å². The molecule has 0 saturated heterocycles. The second-order valence-corrected chi connectivity index (χ2v) is 8.71. The molecule has 0 aliphatic rings. The van der Waals surface area contributed by atoms with Crippen molar-refractivity contribution in [3.8, 4) is 0 Å². The Morgan fingerprint density at radius 1 is 0.923 bits per heavy atom. The minimum absolute atomic E-state index is 0.111. The number of hydrogen-bond acceptors (Lipinski definition) is 3. The van der Waals surface area contributed by atoms with Crippen LogP contribution in [0, 0.1) is 6.92 Å². The largest absolute Gasteiger partial charge is 0.283 e. The molecule has 3 aromatic rings. The number of aryl methyl sites for hydroxylation is 1. The van der Waals surface area contributed by atoms with E-state index in [-0.39, 0.29) is 4.90 Å². The molecule has 3 rings (SSSR count). The summed E-state index contributed by atoms with van der Waals surface area (Å²) < 4.78 is 29.6. The third-order valence-corrected chi connectivity index (χ3v) is 6.21. The first kappa shape index (κ1) is 18.7. The van der Waals surface area contributed by atoms with E-state index in [4.69, 9.17) is 11.6 Å². The molecule has 0 heterocycles. The maximum Gasteiger partial charge on any atom is 0.283 e. The van der Waals surface area contributed by atoms with Gasteiger partial charge in [-0.05, 0) is 43.3 Å². The monoisotopic (exact) mass is 401 g/mol. The maximum absolute atomic E-state index is 12.7. The molecule has 0 aliphatic heterocycles. The Morgan fingerprint density at radius 2 is 1.62 bits per heavy atom. The number of thioether (sulfide) groups is 1. The van der Waals surface area contributed by atoms with Gasteiger partial charge >= 0.3 is 0 Å². The van der Waals surface area contributed by atoms with Crippen LogP contribution in [0.4, 0.5) is 0 Å². The zero-order valence-corrected chi connectivity index (χ0v) is 16.4. The number of nitrogens with zero attached hydrogens (tertiary/aromatic N) is 1. The second-order valence-electron chi connectivity index (χ2n) is 5.61. The van der Waals surface area contributed by atoms with Gasteiger partial charge in [-0.25, -0.2) is 0 Å². The Morgan fingerprint density at radius 3 is 2.27 bits per heavy atom. The van der Waals surface area contributed by atoms with E-state index in [9.17, 15) is 8.42 Å². The van der Waals surface area contributed by atoms with Gasteiger partial charge in [0.25, 0.3) is 10.0 Å². The van der Waals surface area contributed by atoms with Gasteiger partial charge in [0.1, 0.15) is 5.04 Å². The molecule has 6 heteroatoms. The molecular formula is C20H16ClNO2S2. The van der Waals surface area contributed by atoms with E-state index in [1.807, 2.05) is 61.5 Å². The number of sulfonamides is 1. The van der Waals surface area contributed by atoms with Crippen molar-refractivity contribution in [2.45, 2.75) is 16.7 Å². The molecule has 0 unspecified atom stereocenters. The Balaban J connectivity index is 2.05. The average Bonchev–Trinajstić information content (AvgIpc) is 2.62. The van der Waals surface area contributed by atoms with Gasteiger partial charge < -0.3 is 0 Å². The first-order valence-corrected chi connectivity index (χ1v) is 10.5.